The monoisotopic (exact) mass is 706 g/mol. The van der Waals surface area contributed by atoms with E-state index in [0.717, 1.165) is 49.6 Å². The van der Waals surface area contributed by atoms with E-state index >= 15 is 0 Å². The van der Waals surface area contributed by atoms with Crippen LogP contribution in [0, 0.1) is 0 Å². The zero-order valence-corrected chi connectivity index (χ0v) is 29.8. The second-order valence-electron chi connectivity index (χ2n) is 13.6. The lowest BCUT2D eigenvalue weighted by Gasteiger charge is -2.13. The van der Waals surface area contributed by atoms with Gasteiger partial charge in [-0.3, -0.25) is 4.57 Å². The van der Waals surface area contributed by atoms with Crippen LogP contribution in [0.5, 0.6) is 0 Å². The van der Waals surface area contributed by atoms with Gasteiger partial charge >= 0.3 is 0 Å². The summed E-state index contributed by atoms with van der Waals surface area (Å²) < 4.78 is 4.81. The number of hydrogen-bond donors (Lipinski definition) is 0. The maximum atomic E-state index is 5.26. The molecule has 0 unspecified atom stereocenters. The van der Waals surface area contributed by atoms with E-state index in [-0.39, 0.29) is 0 Å². The van der Waals surface area contributed by atoms with E-state index in [0.29, 0.717) is 17.6 Å². The van der Waals surface area contributed by atoms with Crippen molar-refractivity contribution < 1.29 is 0 Å². The molecule has 0 N–H and O–H groups in total. The van der Waals surface area contributed by atoms with E-state index in [9.17, 15) is 0 Å². The van der Waals surface area contributed by atoms with Crippen LogP contribution in [0.15, 0.2) is 182 Å². The lowest BCUT2D eigenvalue weighted by molar-refractivity contribution is 0.954. The summed E-state index contributed by atoms with van der Waals surface area (Å²) in [5, 5.41) is 7.49. The van der Waals surface area contributed by atoms with Gasteiger partial charge in [-0.25, -0.2) is 4.98 Å². The Morgan fingerprint density at radius 1 is 0.389 bits per heavy atom. The zero-order valence-electron chi connectivity index (χ0n) is 29.0. The highest BCUT2D eigenvalue weighted by Gasteiger charge is 2.21. The molecule has 0 aliphatic carbocycles. The Bertz CT molecular complexity index is 3200. The topological polar surface area (TPSA) is 43.6 Å². The highest BCUT2D eigenvalue weighted by molar-refractivity contribution is 7.26. The molecule has 0 bridgehead atoms. The van der Waals surface area contributed by atoms with Crippen molar-refractivity contribution in [3.05, 3.63) is 182 Å². The third-order valence-corrected chi connectivity index (χ3v) is 11.6. The first kappa shape index (κ1) is 30.7. The number of para-hydroxylation sites is 2. The molecular weight excluding hydrogens is 677 g/mol. The Hall–Kier alpha value is -6.95. The quantitative estimate of drug-likeness (QED) is 0.179. The van der Waals surface area contributed by atoms with E-state index in [2.05, 4.69) is 162 Å². The van der Waals surface area contributed by atoms with Crippen molar-refractivity contribution in [3.8, 4) is 51.0 Å². The SMILES string of the molecule is c1ccc(-c2ccc(-c3nc(-c4ccccc4)nc(-n4c5ccccc5c5cccc(-c6ccc7c(c6)sc6ccc8ccccc8c67)c54)n3)cc2)cc1. The molecule has 0 saturated carbocycles. The van der Waals surface area contributed by atoms with Gasteiger partial charge in [0, 0.05) is 47.6 Å². The first-order chi connectivity index (χ1) is 26.8. The van der Waals surface area contributed by atoms with E-state index in [1.54, 1.807) is 0 Å². The first-order valence-electron chi connectivity index (χ1n) is 18.1. The fourth-order valence-corrected chi connectivity index (χ4v) is 9.09. The fourth-order valence-electron chi connectivity index (χ4n) is 7.93. The number of rotatable bonds is 5. The normalized spacial score (nSPS) is 11.7. The number of aromatic nitrogens is 4. The maximum absolute atomic E-state index is 5.26. The lowest BCUT2D eigenvalue weighted by atomic mass is 9.99. The summed E-state index contributed by atoms with van der Waals surface area (Å²) in [6.07, 6.45) is 0. The van der Waals surface area contributed by atoms with Crippen LogP contribution in [0.1, 0.15) is 0 Å². The molecule has 252 valence electrons. The number of benzene rings is 8. The van der Waals surface area contributed by atoms with Crippen molar-refractivity contribution in [1.82, 2.24) is 19.5 Å². The molecule has 0 amide bonds. The van der Waals surface area contributed by atoms with Crippen molar-refractivity contribution in [3.63, 3.8) is 0 Å². The molecule has 0 aliphatic rings. The Labute approximate surface area is 315 Å². The molecule has 3 aromatic heterocycles. The second-order valence-corrected chi connectivity index (χ2v) is 14.7. The summed E-state index contributed by atoms with van der Waals surface area (Å²) >= 11 is 1.86. The third-order valence-electron chi connectivity index (χ3n) is 10.5. The molecule has 0 spiro atoms. The van der Waals surface area contributed by atoms with E-state index < -0.39 is 0 Å². The highest BCUT2D eigenvalue weighted by Crippen LogP contribution is 2.43. The van der Waals surface area contributed by atoms with E-state index in [4.69, 9.17) is 15.0 Å². The molecule has 11 aromatic rings. The number of fused-ring (bicyclic) bond motifs is 8. The molecule has 0 aliphatic heterocycles. The molecule has 5 heteroatoms. The molecule has 0 saturated heterocycles. The van der Waals surface area contributed by atoms with Crippen molar-refractivity contribution in [2.24, 2.45) is 0 Å². The molecule has 0 fully saturated rings. The van der Waals surface area contributed by atoms with Gasteiger partial charge in [0.1, 0.15) is 0 Å². The summed E-state index contributed by atoms with van der Waals surface area (Å²) in [5.41, 5.74) is 8.58. The average molecular weight is 707 g/mol. The largest absolute Gasteiger partial charge is 0.277 e. The van der Waals surface area contributed by atoms with Crippen molar-refractivity contribution in [1.29, 1.82) is 0 Å². The molecule has 0 atom stereocenters. The summed E-state index contributed by atoms with van der Waals surface area (Å²) in [6.45, 7) is 0. The smallest absolute Gasteiger partial charge is 0.238 e. The van der Waals surface area contributed by atoms with Crippen LogP contribution >= 0.6 is 11.3 Å². The van der Waals surface area contributed by atoms with Gasteiger partial charge in [-0.1, -0.05) is 164 Å². The Balaban J connectivity index is 1.14. The van der Waals surface area contributed by atoms with Crippen molar-refractivity contribution in [2.75, 3.05) is 0 Å². The minimum Gasteiger partial charge on any atom is -0.277 e. The molecule has 54 heavy (non-hydrogen) atoms. The zero-order chi connectivity index (χ0) is 35.6. The third kappa shape index (κ3) is 4.94. The van der Waals surface area contributed by atoms with Gasteiger partial charge in [-0.2, -0.15) is 9.97 Å². The predicted octanol–water partition coefficient (Wildman–Crippen LogP) is 13.2. The van der Waals surface area contributed by atoms with Crippen molar-refractivity contribution in [2.45, 2.75) is 0 Å². The standard InChI is InChI=1S/C49H30N4S/c1-3-12-31(13-4-1)32-22-24-35(25-23-32)48-50-47(34-15-5-2-6-16-34)51-49(52-48)53-42-21-10-9-18-39(42)40-20-11-19-38(46(40)53)36-26-28-41-44(30-36)54-43-29-27-33-14-7-8-17-37(33)45(41)43/h1-30H. The summed E-state index contributed by atoms with van der Waals surface area (Å²) in [4.78, 5) is 15.6. The van der Waals surface area contributed by atoms with Gasteiger partial charge in [-0.05, 0) is 45.7 Å². The second kappa shape index (κ2) is 12.3. The fraction of sp³-hybridized carbons (Fsp3) is 0. The van der Waals surface area contributed by atoms with E-state index in [1.807, 2.05) is 35.6 Å². The molecule has 0 radical (unpaired) electrons. The van der Waals surface area contributed by atoms with Crippen LogP contribution < -0.4 is 0 Å². The Morgan fingerprint density at radius 3 is 1.80 bits per heavy atom. The van der Waals surface area contributed by atoms with E-state index in [1.165, 1.54) is 36.5 Å². The van der Waals surface area contributed by atoms with Gasteiger partial charge < -0.3 is 0 Å². The van der Waals surface area contributed by atoms with Gasteiger partial charge in [0.25, 0.3) is 0 Å². The van der Waals surface area contributed by atoms with Crippen molar-refractivity contribution >= 4 is 64.1 Å². The molecule has 3 heterocycles. The predicted molar refractivity (Wildman–Crippen MR) is 226 cm³/mol. The first-order valence-corrected chi connectivity index (χ1v) is 18.9. The van der Waals surface area contributed by atoms with Gasteiger partial charge in [-0.15, -0.1) is 11.3 Å². The van der Waals surface area contributed by atoms with Crippen LogP contribution in [0.25, 0.3) is 104 Å². The minimum atomic E-state index is 0.582. The summed E-state index contributed by atoms with van der Waals surface area (Å²) in [6, 6.07) is 64.4. The number of thiophene rings is 1. The summed E-state index contributed by atoms with van der Waals surface area (Å²) in [5.74, 6) is 1.84. The summed E-state index contributed by atoms with van der Waals surface area (Å²) in [7, 11) is 0. The molecule has 4 nitrogen and oxygen atoms in total. The average Bonchev–Trinajstić information content (AvgIpc) is 3.80. The minimum absolute atomic E-state index is 0.582. The molecule has 8 aromatic carbocycles. The number of nitrogens with zero attached hydrogens (tertiary/aromatic N) is 4. The van der Waals surface area contributed by atoms with Gasteiger partial charge in [0.15, 0.2) is 11.6 Å². The van der Waals surface area contributed by atoms with Crippen LogP contribution in [-0.2, 0) is 0 Å². The molecule has 11 rings (SSSR count). The molecular formula is C49H30N4S. The van der Waals surface area contributed by atoms with Crippen LogP contribution in [0.4, 0.5) is 0 Å². The highest BCUT2D eigenvalue weighted by atomic mass is 32.1. The van der Waals surface area contributed by atoms with Crippen LogP contribution in [-0.4, -0.2) is 19.5 Å². The van der Waals surface area contributed by atoms with Gasteiger partial charge in [0.05, 0.1) is 11.0 Å². The Kier molecular flexibility index (Phi) is 7.00. The maximum Gasteiger partial charge on any atom is 0.238 e. The van der Waals surface area contributed by atoms with Gasteiger partial charge in [0.2, 0.25) is 5.95 Å². The Morgan fingerprint density at radius 2 is 1.00 bits per heavy atom. The lowest BCUT2D eigenvalue weighted by Crippen LogP contribution is -2.07. The number of hydrogen-bond acceptors (Lipinski definition) is 4. The van der Waals surface area contributed by atoms with Crippen LogP contribution in [0.3, 0.4) is 0 Å². The van der Waals surface area contributed by atoms with Crippen LogP contribution in [0.2, 0.25) is 0 Å².